The molecule has 9 heteroatoms. The van der Waals surface area contributed by atoms with Crippen molar-refractivity contribution in [3.8, 4) is 10.9 Å². The number of fused-ring (bicyclic) bond motifs is 2. The molecule has 2 aliphatic heterocycles. The van der Waals surface area contributed by atoms with Gasteiger partial charge >= 0.3 is 6.03 Å². The summed E-state index contributed by atoms with van der Waals surface area (Å²) >= 11 is 1.47. The number of aromatic nitrogens is 2. The van der Waals surface area contributed by atoms with Gasteiger partial charge in [-0.3, -0.25) is 19.1 Å². The summed E-state index contributed by atoms with van der Waals surface area (Å²) in [5.41, 5.74) is 1.50. The Kier molecular flexibility index (Phi) is 4.44. The van der Waals surface area contributed by atoms with Gasteiger partial charge in [0, 0.05) is 40.5 Å². The monoisotopic (exact) mass is 436 g/mol. The zero-order chi connectivity index (χ0) is 21.8. The van der Waals surface area contributed by atoms with Crippen LogP contribution in [0, 0.1) is 13.8 Å². The van der Waals surface area contributed by atoms with Crippen molar-refractivity contribution >= 4 is 29.1 Å². The van der Waals surface area contributed by atoms with Crippen LogP contribution in [0.25, 0.3) is 5.13 Å². The number of ketones is 1. The largest absolute Gasteiger partial charge is 0.493 e. The van der Waals surface area contributed by atoms with Crippen LogP contribution in [-0.2, 0) is 10.3 Å². The smallest absolute Gasteiger partial charge is 0.325 e. The highest BCUT2D eigenvalue weighted by Gasteiger charge is 2.55. The number of benzene rings is 1. The lowest BCUT2D eigenvalue weighted by Gasteiger charge is -2.33. The van der Waals surface area contributed by atoms with Crippen LogP contribution in [0.4, 0.5) is 4.79 Å². The molecule has 1 aromatic carbocycles. The number of para-hydroxylation sites is 1. The average molecular weight is 436 g/mol. The molecule has 1 N–H and O–H groups in total. The Labute approximate surface area is 182 Å². The molecule has 0 unspecified atom stereocenters. The van der Waals surface area contributed by atoms with Crippen LogP contribution < -0.4 is 10.1 Å². The second-order valence-electron chi connectivity index (χ2n) is 7.68. The number of urea groups is 1. The Morgan fingerprint density at radius 2 is 2.10 bits per heavy atom. The van der Waals surface area contributed by atoms with Crippen LogP contribution in [0.3, 0.4) is 0 Å². The lowest BCUT2D eigenvalue weighted by atomic mass is 9.84. The zero-order valence-electron chi connectivity index (χ0n) is 17.0. The van der Waals surface area contributed by atoms with E-state index in [-0.39, 0.29) is 12.3 Å². The van der Waals surface area contributed by atoms with Crippen LogP contribution in [0.1, 0.15) is 33.7 Å². The Morgan fingerprint density at radius 1 is 1.29 bits per heavy atom. The van der Waals surface area contributed by atoms with Crippen molar-refractivity contribution in [3.63, 3.8) is 0 Å². The highest BCUT2D eigenvalue weighted by molar-refractivity contribution is 7.12. The molecular weight excluding hydrogens is 416 g/mol. The van der Waals surface area contributed by atoms with Gasteiger partial charge in [0.1, 0.15) is 5.75 Å². The van der Waals surface area contributed by atoms with Gasteiger partial charge in [-0.25, -0.2) is 9.78 Å². The average Bonchev–Trinajstić information content (AvgIpc) is 3.43. The second-order valence-corrected chi connectivity index (χ2v) is 8.55. The number of thiazole rings is 1. The maximum absolute atomic E-state index is 13.4. The third-order valence-corrected chi connectivity index (χ3v) is 6.66. The first kappa shape index (κ1) is 19.5. The van der Waals surface area contributed by atoms with Gasteiger partial charge in [-0.2, -0.15) is 0 Å². The first-order valence-corrected chi connectivity index (χ1v) is 10.8. The van der Waals surface area contributed by atoms with Crippen molar-refractivity contribution in [2.45, 2.75) is 25.8 Å². The number of Topliss-reactive ketones (excluding diaryl/α,β-unsaturated/α-hetero) is 1. The number of ether oxygens (including phenoxy) is 1. The molecule has 3 amide bonds. The molecule has 4 heterocycles. The molecule has 2 aliphatic rings. The van der Waals surface area contributed by atoms with Crippen LogP contribution in [0.5, 0.6) is 5.75 Å². The van der Waals surface area contributed by atoms with Gasteiger partial charge < -0.3 is 10.1 Å². The number of amides is 3. The number of carbonyl (C=O) groups excluding carboxylic acids is 3. The number of imide groups is 1. The molecule has 2 aromatic heterocycles. The Hall–Kier alpha value is -3.46. The molecule has 0 aliphatic carbocycles. The van der Waals surface area contributed by atoms with E-state index >= 15 is 0 Å². The van der Waals surface area contributed by atoms with E-state index in [4.69, 9.17) is 4.74 Å². The first-order valence-electron chi connectivity index (χ1n) is 9.91. The minimum Gasteiger partial charge on any atom is -0.493 e. The number of carbonyl (C=O) groups is 3. The van der Waals surface area contributed by atoms with Gasteiger partial charge in [0.05, 0.1) is 13.2 Å². The van der Waals surface area contributed by atoms with Gasteiger partial charge in [0.25, 0.3) is 5.91 Å². The molecular formula is C22H20N4O4S. The number of hydrogen-bond acceptors (Lipinski definition) is 6. The summed E-state index contributed by atoms with van der Waals surface area (Å²) in [6.07, 6.45) is 2.02. The van der Waals surface area contributed by atoms with E-state index in [1.807, 2.05) is 29.9 Å². The number of aryl methyl sites for hydroxylation is 1. The van der Waals surface area contributed by atoms with Gasteiger partial charge in [-0.1, -0.05) is 18.2 Å². The van der Waals surface area contributed by atoms with Crippen molar-refractivity contribution in [2.75, 3.05) is 13.2 Å². The van der Waals surface area contributed by atoms with Gasteiger partial charge in [0.15, 0.2) is 16.5 Å². The van der Waals surface area contributed by atoms with E-state index in [9.17, 15) is 14.4 Å². The summed E-state index contributed by atoms with van der Waals surface area (Å²) in [6, 6.07) is 8.38. The molecule has 0 radical (unpaired) electrons. The maximum Gasteiger partial charge on any atom is 0.325 e. The minimum atomic E-state index is -1.19. The summed E-state index contributed by atoms with van der Waals surface area (Å²) in [6.45, 7) is 3.72. The molecule has 3 aromatic rings. The predicted octanol–water partition coefficient (Wildman–Crippen LogP) is 2.96. The standard InChI is InChI=1S/C22H20N4O4S/c1-13-11-15(14(2)26(13)21-23-8-10-31-21)17(27)12-25-19(28)22(24-20(25)29)7-9-30-18-6-4-3-5-16(18)22/h3-6,8,10-11H,7,9,12H2,1-2H3,(H,24,29)/t22-/m1/s1. The fourth-order valence-corrected chi connectivity index (χ4v) is 5.16. The molecule has 1 atom stereocenters. The third-order valence-electron chi connectivity index (χ3n) is 5.90. The summed E-state index contributed by atoms with van der Waals surface area (Å²) in [7, 11) is 0. The molecule has 1 fully saturated rings. The summed E-state index contributed by atoms with van der Waals surface area (Å²) in [5, 5.41) is 5.46. The van der Waals surface area contributed by atoms with Gasteiger partial charge in [-0.15, -0.1) is 11.3 Å². The molecule has 0 saturated carbocycles. The first-order chi connectivity index (χ1) is 14.9. The Bertz CT molecular complexity index is 1220. The van der Waals surface area contributed by atoms with Crippen LogP contribution in [0.15, 0.2) is 41.9 Å². The number of nitrogens with zero attached hydrogens (tertiary/aromatic N) is 3. The quantitative estimate of drug-likeness (QED) is 0.501. The minimum absolute atomic E-state index is 0.295. The third kappa shape index (κ3) is 2.88. The SMILES string of the molecule is Cc1cc(C(=O)CN2C(=O)N[C@@]3(CCOc4ccccc43)C2=O)c(C)n1-c1nccs1. The molecule has 8 nitrogen and oxygen atoms in total. The van der Waals surface area contributed by atoms with Crippen molar-refractivity contribution in [2.24, 2.45) is 0 Å². The highest BCUT2D eigenvalue weighted by atomic mass is 32.1. The highest BCUT2D eigenvalue weighted by Crippen LogP contribution is 2.41. The van der Waals surface area contributed by atoms with E-state index in [0.29, 0.717) is 29.9 Å². The molecule has 158 valence electrons. The van der Waals surface area contributed by atoms with Crippen molar-refractivity contribution in [3.05, 3.63) is 64.4 Å². The van der Waals surface area contributed by atoms with E-state index in [1.54, 1.807) is 30.5 Å². The molecule has 1 saturated heterocycles. The lowest BCUT2D eigenvalue weighted by Crippen LogP contribution is -2.47. The number of nitrogens with one attached hydrogen (secondary N) is 1. The van der Waals surface area contributed by atoms with Gasteiger partial charge in [0.2, 0.25) is 0 Å². The fourth-order valence-electron chi connectivity index (χ4n) is 4.41. The van der Waals surface area contributed by atoms with Crippen LogP contribution in [-0.4, -0.2) is 45.3 Å². The van der Waals surface area contributed by atoms with E-state index in [2.05, 4.69) is 10.3 Å². The van der Waals surface area contributed by atoms with Crippen molar-refractivity contribution in [1.82, 2.24) is 19.8 Å². The molecule has 5 rings (SSSR count). The fraction of sp³-hybridized carbons (Fsp3) is 0.273. The predicted molar refractivity (Wildman–Crippen MR) is 114 cm³/mol. The Balaban J connectivity index is 1.45. The second kappa shape index (κ2) is 7.05. The zero-order valence-corrected chi connectivity index (χ0v) is 17.9. The Morgan fingerprint density at radius 3 is 2.87 bits per heavy atom. The van der Waals surface area contributed by atoms with Gasteiger partial charge in [-0.05, 0) is 26.0 Å². The van der Waals surface area contributed by atoms with E-state index < -0.39 is 17.5 Å². The lowest BCUT2D eigenvalue weighted by molar-refractivity contribution is -0.132. The van der Waals surface area contributed by atoms with Crippen LogP contribution >= 0.6 is 11.3 Å². The normalized spacial score (nSPS) is 20.0. The molecule has 0 bridgehead atoms. The van der Waals surface area contributed by atoms with Crippen LogP contribution in [0.2, 0.25) is 0 Å². The topological polar surface area (TPSA) is 93.5 Å². The van der Waals surface area contributed by atoms with Crippen molar-refractivity contribution < 1.29 is 19.1 Å². The molecule has 31 heavy (non-hydrogen) atoms. The maximum atomic E-state index is 13.4. The summed E-state index contributed by atoms with van der Waals surface area (Å²) in [4.78, 5) is 44.6. The summed E-state index contributed by atoms with van der Waals surface area (Å²) in [5.74, 6) is -0.144. The summed E-state index contributed by atoms with van der Waals surface area (Å²) < 4.78 is 7.55. The number of hydrogen-bond donors (Lipinski definition) is 1. The van der Waals surface area contributed by atoms with E-state index in [1.165, 1.54) is 11.3 Å². The molecule has 1 spiro atoms. The van der Waals surface area contributed by atoms with E-state index in [0.717, 1.165) is 21.4 Å². The number of rotatable bonds is 4. The van der Waals surface area contributed by atoms with Crippen molar-refractivity contribution in [1.29, 1.82) is 0 Å².